The second-order valence-corrected chi connectivity index (χ2v) is 7.94. The molecule has 1 amide bonds. The molecule has 1 atom stereocenters. The molecule has 5 rings (SSSR count). The van der Waals surface area contributed by atoms with Crippen LogP contribution in [0.2, 0.25) is 0 Å². The molecule has 6 heteroatoms. The van der Waals surface area contributed by atoms with Crippen molar-refractivity contribution in [1.29, 1.82) is 0 Å². The lowest BCUT2D eigenvalue weighted by atomic mass is 9.98. The number of nitrogens with zero attached hydrogens (tertiary/aromatic N) is 2. The van der Waals surface area contributed by atoms with Crippen LogP contribution in [-0.4, -0.2) is 55.1 Å². The highest BCUT2D eigenvalue weighted by molar-refractivity contribution is 5.99. The van der Waals surface area contributed by atoms with Gasteiger partial charge in [-0.3, -0.25) is 14.5 Å². The number of hydrogen-bond donors (Lipinski definition) is 0. The monoisotopic (exact) mass is 404 g/mol. The molecular formula is C24H24N2O4. The van der Waals surface area contributed by atoms with E-state index in [1.807, 2.05) is 43.3 Å². The summed E-state index contributed by atoms with van der Waals surface area (Å²) in [5.41, 5.74) is 2.84. The number of aryl methyl sites for hydroxylation is 1. The van der Waals surface area contributed by atoms with Crippen LogP contribution in [0.5, 0.6) is 0 Å². The smallest absolute Gasteiger partial charge is 0.290 e. The lowest BCUT2D eigenvalue weighted by molar-refractivity contribution is 0.0314. The van der Waals surface area contributed by atoms with E-state index in [1.165, 1.54) is 0 Å². The van der Waals surface area contributed by atoms with Crippen molar-refractivity contribution in [1.82, 2.24) is 9.80 Å². The largest absolute Gasteiger partial charge is 0.450 e. The number of morpholine rings is 1. The molecule has 0 bridgehead atoms. The Morgan fingerprint density at radius 3 is 2.47 bits per heavy atom. The van der Waals surface area contributed by atoms with Gasteiger partial charge in [-0.15, -0.1) is 0 Å². The maximum absolute atomic E-state index is 13.4. The fourth-order valence-electron chi connectivity index (χ4n) is 4.37. The second kappa shape index (κ2) is 7.70. The van der Waals surface area contributed by atoms with E-state index in [9.17, 15) is 9.59 Å². The molecule has 0 radical (unpaired) electrons. The van der Waals surface area contributed by atoms with Gasteiger partial charge in [-0.05, 0) is 24.6 Å². The lowest BCUT2D eigenvalue weighted by Gasteiger charge is -2.31. The maximum Gasteiger partial charge on any atom is 0.290 e. The van der Waals surface area contributed by atoms with Crippen LogP contribution in [0.3, 0.4) is 0 Å². The molecule has 0 unspecified atom stereocenters. The van der Waals surface area contributed by atoms with Crippen molar-refractivity contribution in [2.45, 2.75) is 13.0 Å². The molecule has 0 N–H and O–H groups in total. The van der Waals surface area contributed by atoms with Crippen molar-refractivity contribution in [3.05, 3.63) is 81.2 Å². The summed E-state index contributed by atoms with van der Waals surface area (Å²) >= 11 is 0. The molecule has 1 fully saturated rings. The highest BCUT2D eigenvalue weighted by Crippen LogP contribution is 2.38. The molecule has 0 spiro atoms. The van der Waals surface area contributed by atoms with Crippen molar-refractivity contribution in [3.63, 3.8) is 0 Å². The molecule has 6 nitrogen and oxygen atoms in total. The third-order valence-corrected chi connectivity index (χ3v) is 6.03. The Morgan fingerprint density at radius 1 is 0.967 bits per heavy atom. The van der Waals surface area contributed by atoms with E-state index in [4.69, 9.17) is 9.15 Å². The second-order valence-electron chi connectivity index (χ2n) is 7.94. The quantitative estimate of drug-likeness (QED) is 0.669. The van der Waals surface area contributed by atoms with Gasteiger partial charge in [-0.1, -0.05) is 42.0 Å². The third-order valence-electron chi connectivity index (χ3n) is 6.03. The number of fused-ring (bicyclic) bond motifs is 2. The Labute approximate surface area is 174 Å². The van der Waals surface area contributed by atoms with Crippen molar-refractivity contribution >= 4 is 16.9 Å². The summed E-state index contributed by atoms with van der Waals surface area (Å²) in [4.78, 5) is 30.8. The highest BCUT2D eigenvalue weighted by atomic mass is 16.5. The average Bonchev–Trinajstić information content (AvgIpc) is 3.06. The minimum absolute atomic E-state index is 0.125. The van der Waals surface area contributed by atoms with Crippen LogP contribution in [0.1, 0.15) is 33.3 Å². The summed E-state index contributed by atoms with van der Waals surface area (Å²) in [5.74, 6) is -0.0436. The van der Waals surface area contributed by atoms with Crippen LogP contribution < -0.4 is 5.43 Å². The van der Waals surface area contributed by atoms with Gasteiger partial charge in [0.15, 0.2) is 5.43 Å². The highest BCUT2D eigenvalue weighted by Gasteiger charge is 2.42. The van der Waals surface area contributed by atoms with Crippen LogP contribution in [-0.2, 0) is 4.74 Å². The van der Waals surface area contributed by atoms with E-state index in [0.29, 0.717) is 36.3 Å². The molecule has 3 aromatic rings. The zero-order valence-electron chi connectivity index (χ0n) is 17.0. The molecule has 2 aliphatic heterocycles. The molecule has 0 aliphatic carbocycles. The van der Waals surface area contributed by atoms with Gasteiger partial charge in [0.25, 0.3) is 5.91 Å². The number of ether oxygens (including phenoxy) is 1. The molecule has 3 heterocycles. The van der Waals surface area contributed by atoms with Crippen LogP contribution in [0, 0.1) is 6.92 Å². The fraction of sp³-hybridized carbons (Fsp3) is 0.333. The van der Waals surface area contributed by atoms with E-state index in [2.05, 4.69) is 4.90 Å². The topological polar surface area (TPSA) is 63.0 Å². The minimum atomic E-state index is -0.435. The van der Waals surface area contributed by atoms with Gasteiger partial charge in [-0.2, -0.15) is 0 Å². The van der Waals surface area contributed by atoms with E-state index in [-0.39, 0.29) is 17.1 Å². The van der Waals surface area contributed by atoms with Gasteiger partial charge in [-0.25, -0.2) is 0 Å². The predicted octanol–water partition coefficient (Wildman–Crippen LogP) is 2.98. The van der Waals surface area contributed by atoms with E-state index in [1.54, 1.807) is 17.0 Å². The first-order valence-electron chi connectivity index (χ1n) is 10.4. The van der Waals surface area contributed by atoms with Crippen molar-refractivity contribution in [2.24, 2.45) is 0 Å². The Bertz CT molecular complexity index is 1150. The van der Waals surface area contributed by atoms with Gasteiger partial charge in [0.1, 0.15) is 5.58 Å². The third kappa shape index (κ3) is 3.22. The standard InChI is InChI=1S/C24H24N2O4/c1-16-6-8-17(9-7-16)21-20-22(27)18-4-2-3-5-19(18)30-23(20)24(28)26(21)11-10-25-12-14-29-15-13-25/h2-9,21H,10-15H2,1H3/t21-/m0/s1. The minimum Gasteiger partial charge on any atom is -0.450 e. The van der Waals surface area contributed by atoms with Crippen LogP contribution >= 0.6 is 0 Å². The Balaban J connectivity index is 1.59. The molecule has 1 saturated heterocycles. The first-order valence-corrected chi connectivity index (χ1v) is 10.4. The molecule has 154 valence electrons. The number of hydrogen-bond acceptors (Lipinski definition) is 5. The predicted molar refractivity (Wildman–Crippen MR) is 114 cm³/mol. The number of carbonyl (C=O) groups excluding carboxylic acids is 1. The Kier molecular flexibility index (Phi) is 4.89. The van der Waals surface area contributed by atoms with Crippen molar-refractivity contribution in [2.75, 3.05) is 39.4 Å². The summed E-state index contributed by atoms with van der Waals surface area (Å²) in [6.07, 6.45) is 0. The SMILES string of the molecule is Cc1ccc([C@H]2c3c(oc4ccccc4c3=O)C(=O)N2CCN2CCOCC2)cc1. The van der Waals surface area contributed by atoms with Crippen LogP contribution in [0.4, 0.5) is 0 Å². The number of carbonyl (C=O) groups is 1. The summed E-state index contributed by atoms with van der Waals surface area (Å²) < 4.78 is 11.4. The van der Waals surface area contributed by atoms with Gasteiger partial charge < -0.3 is 14.1 Å². The molecule has 30 heavy (non-hydrogen) atoms. The molecule has 0 saturated carbocycles. The number of benzene rings is 2. The molecule has 1 aromatic heterocycles. The maximum atomic E-state index is 13.4. The molecule has 2 aromatic carbocycles. The van der Waals surface area contributed by atoms with Gasteiger partial charge in [0, 0.05) is 26.2 Å². The van der Waals surface area contributed by atoms with Crippen molar-refractivity contribution in [3.8, 4) is 0 Å². The molecular weight excluding hydrogens is 380 g/mol. The fourth-order valence-corrected chi connectivity index (χ4v) is 4.37. The number of amides is 1. The summed E-state index contributed by atoms with van der Waals surface area (Å²) in [6, 6.07) is 14.7. The van der Waals surface area contributed by atoms with Crippen LogP contribution in [0.15, 0.2) is 57.7 Å². The van der Waals surface area contributed by atoms with Crippen molar-refractivity contribution < 1.29 is 13.9 Å². The Hall–Kier alpha value is -2.96. The van der Waals surface area contributed by atoms with Crippen LogP contribution in [0.25, 0.3) is 11.0 Å². The zero-order chi connectivity index (χ0) is 20.7. The number of para-hydroxylation sites is 1. The van der Waals surface area contributed by atoms with E-state index >= 15 is 0 Å². The van der Waals surface area contributed by atoms with Gasteiger partial charge in [0.2, 0.25) is 5.76 Å². The summed E-state index contributed by atoms with van der Waals surface area (Å²) in [5, 5.41) is 0.510. The first kappa shape index (κ1) is 19.0. The Morgan fingerprint density at radius 2 is 1.70 bits per heavy atom. The summed E-state index contributed by atoms with van der Waals surface area (Å²) in [6.45, 7) is 6.41. The number of rotatable bonds is 4. The molecule has 2 aliphatic rings. The van der Waals surface area contributed by atoms with E-state index < -0.39 is 6.04 Å². The summed E-state index contributed by atoms with van der Waals surface area (Å²) in [7, 11) is 0. The first-order chi connectivity index (χ1) is 14.6. The normalized spacial score (nSPS) is 19.4. The van der Waals surface area contributed by atoms with E-state index in [0.717, 1.165) is 30.8 Å². The van der Waals surface area contributed by atoms with Gasteiger partial charge >= 0.3 is 0 Å². The van der Waals surface area contributed by atoms with Gasteiger partial charge in [0.05, 0.1) is 30.2 Å². The lowest BCUT2D eigenvalue weighted by Crippen LogP contribution is -2.42. The average molecular weight is 404 g/mol. The zero-order valence-corrected chi connectivity index (χ0v) is 17.0.